The molecule has 2 aromatic carbocycles. The first-order valence-corrected chi connectivity index (χ1v) is 9.16. The molecule has 0 radical (unpaired) electrons. The molecule has 142 valence electrons. The molecule has 6 heteroatoms. The molecule has 2 aromatic rings. The van der Waals surface area contributed by atoms with E-state index in [0.29, 0.717) is 31.7 Å². The molecular formula is C21H23FN2O3. The van der Waals surface area contributed by atoms with Crippen LogP contribution in [0.1, 0.15) is 30.1 Å². The third-order valence-electron chi connectivity index (χ3n) is 4.62. The van der Waals surface area contributed by atoms with E-state index in [1.165, 1.54) is 12.1 Å². The monoisotopic (exact) mass is 370 g/mol. The van der Waals surface area contributed by atoms with Crippen LogP contribution in [0.3, 0.4) is 0 Å². The average Bonchev–Trinajstić information content (AvgIpc) is 2.69. The van der Waals surface area contributed by atoms with Crippen LogP contribution < -0.4 is 10.1 Å². The summed E-state index contributed by atoms with van der Waals surface area (Å²) in [6.07, 6.45) is 1.41. The summed E-state index contributed by atoms with van der Waals surface area (Å²) in [6, 6.07) is 13.1. The maximum absolute atomic E-state index is 13.9. The number of nitrogens with one attached hydrogen (secondary N) is 1. The third-order valence-corrected chi connectivity index (χ3v) is 4.62. The van der Waals surface area contributed by atoms with E-state index < -0.39 is 5.82 Å². The lowest BCUT2D eigenvalue weighted by Gasteiger charge is -2.32. The van der Waals surface area contributed by atoms with Crippen molar-refractivity contribution in [3.8, 4) is 5.75 Å². The number of likely N-dealkylation sites (tertiary alicyclic amines) is 1. The van der Waals surface area contributed by atoms with Gasteiger partial charge in [-0.25, -0.2) is 4.39 Å². The van der Waals surface area contributed by atoms with Crippen LogP contribution >= 0.6 is 0 Å². The highest BCUT2D eigenvalue weighted by molar-refractivity contribution is 5.96. The Morgan fingerprint density at radius 2 is 1.93 bits per heavy atom. The van der Waals surface area contributed by atoms with Gasteiger partial charge in [-0.05, 0) is 56.2 Å². The molecule has 0 unspecified atom stereocenters. The van der Waals surface area contributed by atoms with Crippen LogP contribution in [-0.2, 0) is 4.79 Å². The van der Waals surface area contributed by atoms with E-state index in [0.717, 1.165) is 5.75 Å². The summed E-state index contributed by atoms with van der Waals surface area (Å²) in [4.78, 5) is 26.7. The van der Waals surface area contributed by atoms with Crippen LogP contribution in [0.25, 0.3) is 0 Å². The highest BCUT2D eigenvalue weighted by Crippen LogP contribution is 2.22. The van der Waals surface area contributed by atoms with Gasteiger partial charge in [-0.15, -0.1) is 0 Å². The summed E-state index contributed by atoms with van der Waals surface area (Å²) in [6.45, 7) is 3.31. The first-order chi connectivity index (χ1) is 13.1. The molecule has 1 saturated heterocycles. The van der Waals surface area contributed by atoms with Crippen molar-refractivity contribution in [2.75, 3.05) is 25.0 Å². The lowest BCUT2D eigenvalue weighted by molar-refractivity contribution is -0.121. The van der Waals surface area contributed by atoms with Crippen molar-refractivity contribution in [3.63, 3.8) is 0 Å². The van der Waals surface area contributed by atoms with E-state index in [1.807, 2.05) is 6.92 Å². The van der Waals surface area contributed by atoms with Gasteiger partial charge >= 0.3 is 0 Å². The van der Waals surface area contributed by atoms with Gasteiger partial charge in [0, 0.05) is 18.8 Å². The first-order valence-electron chi connectivity index (χ1n) is 9.16. The Labute approximate surface area is 158 Å². The average molecular weight is 370 g/mol. The number of benzene rings is 2. The Hall–Kier alpha value is -2.89. The van der Waals surface area contributed by atoms with Gasteiger partial charge in [-0.3, -0.25) is 9.59 Å². The Morgan fingerprint density at radius 1 is 1.19 bits per heavy atom. The Kier molecular flexibility index (Phi) is 6.06. The molecule has 5 nitrogen and oxygen atoms in total. The maximum atomic E-state index is 13.9. The molecule has 1 heterocycles. The normalized spacial score (nSPS) is 16.7. The van der Waals surface area contributed by atoms with Gasteiger partial charge in [0.25, 0.3) is 5.91 Å². The predicted octanol–water partition coefficient (Wildman–Crippen LogP) is 3.72. The van der Waals surface area contributed by atoms with Crippen molar-refractivity contribution in [1.29, 1.82) is 0 Å². The minimum atomic E-state index is -0.538. The van der Waals surface area contributed by atoms with Crippen LogP contribution in [0.4, 0.5) is 10.1 Å². The molecule has 0 bridgehead atoms. The van der Waals surface area contributed by atoms with Gasteiger partial charge < -0.3 is 15.0 Å². The second-order valence-electron chi connectivity index (χ2n) is 6.52. The number of amides is 2. The fourth-order valence-corrected chi connectivity index (χ4v) is 3.23. The fraction of sp³-hybridized carbons (Fsp3) is 0.333. The molecule has 0 aromatic heterocycles. The summed E-state index contributed by atoms with van der Waals surface area (Å²) in [7, 11) is 0. The predicted molar refractivity (Wildman–Crippen MR) is 101 cm³/mol. The van der Waals surface area contributed by atoms with Crippen molar-refractivity contribution in [2.45, 2.75) is 19.8 Å². The minimum Gasteiger partial charge on any atom is -0.494 e. The Balaban J connectivity index is 1.62. The molecule has 27 heavy (non-hydrogen) atoms. The zero-order valence-corrected chi connectivity index (χ0v) is 15.3. The van der Waals surface area contributed by atoms with E-state index in [4.69, 9.17) is 4.74 Å². The highest BCUT2D eigenvalue weighted by Gasteiger charge is 2.29. The lowest BCUT2D eigenvalue weighted by Crippen LogP contribution is -2.44. The summed E-state index contributed by atoms with van der Waals surface area (Å²) in [5, 5.41) is 2.89. The molecule has 0 saturated carbocycles. The quantitative estimate of drug-likeness (QED) is 0.873. The number of piperidine rings is 1. The number of carbonyl (C=O) groups is 2. The van der Waals surface area contributed by atoms with Gasteiger partial charge in [0.1, 0.15) is 11.6 Å². The van der Waals surface area contributed by atoms with Crippen LogP contribution in [0.5, 0.6) is 5.75 Å². The molecule has 1 fully saturated rings. The molecule has 1 aliphatic rings. The number of halogens is 1. The number of ether oxygens (including phenoxy) is 1. The first kappa shape index (κ1) is 18.9. The van der Waals surface area contributed by atoms with Gasteiger partial charge in [0.15, 0.2) is 0 Å². The summed E-state index contributed by atoms with van der Waals surface area (Å²) < 4.78 is 19.3. The third kappa shape index (κ3) is 4.64. The second kappa shape index (κ2) is 8.66. The summed E-state index contributed by atoms with van der Waals surface area (Å²) in [5.74, 6) is -0.615. The molecular weight excluding hydrogens is 347 g/mol. The van der Waals surface area contributed by atoms with E-state index in [1.54, 1.807) is 41.3 Å². The number of carbonyl (C=O) groups excluding carboxylic acids is 2. The zero-order valence-electron chi connectivity index (χ0n) is 15.3. The Morgan fingerprint density at radius 3 is 2.63 bits per heavy atom. The van der Waals surface area contributed by atoms with Crippen LogP contribution in [-0.4, -0.2) is 36.4 Å². The molecule has 1 N–H and O–H groups in total. The van der Waals surface area contributed by atoms with Crippen molar-refractivity contribution < 1.29 is 18.7 Å². The molecule has 2 amide bonds. The topological polar surface area (TPSA) is 58.6 Å². The molecule has 1 aliphatic heterocycles. The summed E-state index contributed by atoms with van der Waals surface area (Å²) >= 11 is 0. The van der Waals surface area contributed by atoms with Gasteiger partial charge in [0.05, 0.1) is 18.1 Å². The molecule has 1 atom stereocenters. The van der Waals surface area contributed by atoms with Gasteiger partial charge in [-0.1, -0.05) is 12.1 Å². The Bertz CT molecular complexity index is 807. The maximum Gasteiger partial charge on any atom is 0.256 e. The SMILES string of the molecule is CCOc1ccc(NC(=O)[C@H]2CCCN(C(=O)c3ccccc3F)C2)cc1. The zero-order chi connectivity index (χ0) is 19.2. The largest absolute Gasteiger partial charge is 0.494 e. The van der Waals surface area contributed by atoms with E-state index in [-0.39, 0.29) is 29.8 Å². The van der Waals surface area contributed by atoms with Crippen molar-refractivity contribution in [1.82, 2.24) is 4.90 Å². The number of rotatable bonds is 5. The fourth-order valence-electron chi connectivity index (χ4n) is 3.23. The number of hydrogen-bond donors (Lipinski definition) is 1. The van der Waals surface area contributed by atoms with Gasteiger partial charge in [-0.2, -0.15) is 0 Å². The highest BCUT2D eigenvalue weighted by atomic mass is 19.1. The van der Waals surface area contributed by atoms with Crippen LogP contribution in [0.2, 0.25) is 0 Å². The van der Waals surface area contributed by atoms with Crippen molar-refractivity contribution >= 4 is 17.5 Å². The molecule has 0 aliphatic carbocycles. The lowest BCUT2D eigenvalue weighted by atomic mass is 9.96. The van der Waals surface area contributed by atoms with Crippen molar-refractivity contribution in [3.05, 3.63) is 59.9 Å². The number of hydrogen-bond acceptors (Lipinski definition) is 3. The minimum absolute atomic E-state index is 0.0464. The van der Waals surface area contributed by atoms with Crippen molar-refractivity contribution in [2.24, 2.45) is 5.92 Å². The number of anilines is 1. The smallest absolute Gasteiger partial charge is 0.256 e. The standard InChI is InChI=1S/C21H23FN2O3/c1-2-27-17-11-9-16(10-12-17)23-20(25)15-6-5-13-24(14-15)21(26)18-7-3-4-8-19(18)22/h3-4,7-12,15H,2,5-6,13-14H2,1H3,(H,23,25)/t15-/m0/s1. The van der Waals surface area contributed by atoms with Crippen LogP contribution in [0.15, 0.2) is 48.5 Å². The second-order valence-corrected chi connectivity index (χ2v) is 6.52. The van der Waals surface area contributed by atoms with E-state index in [9.17, 15) is 14.0 Å². The van der Waals surface area contributed by atoms with Crippen LogP contribution in [0, 0.1) is 11.7 Å². The molecule has 3 rings (SSSR count). The van der Waals surface area contributed by atoms with Gasteiger partial charge in [0.2, 0.25) is 5.91 Å². The summed E-state index contributed by atoms with van der Waals surface area (Å²) in [5.41, 5.74) is 0.728. The van der Waals surface area contributed by atoms with E-state index >= 15 is 0 Å². The molecule has 0 spiro atoms. The number of nitrogens with zero attached hydrogens (tertiary/aromatic N) is 1. The van der Waals surface area contributed by atoms with E-state index in [2.05, 4.69) is 5.32 Å².